The van der Waals surface area contributed by atoms with Crippen molar-refractivity contribution < 1.29 is 4.79 Å². The molecular weight excluding hydrogens is 262 g/mol. The second-order valence-corrected chi connectivity index (χ2v) is 4.48. The fraction of sp³-hybridized carbons (Fsp3) is 0.133. The van der Waals surface area contributed by atoms with Crippen LogP contribution >= 0.6 is 11.6 Å². The van der Waals surface area contributed by atoms with E-state index in [2.05, 4.69) is 5.18 Å². The maximum Gasteiger partial charge on any atom is 0.152 e. The Hall–Kier alpha value is -2.00. The molecular formula is C15H12ClNO2. The Kier molecular flexibility index (Phi) is 4.07. The molecule has 19 heavy (non-hydrogen) atoms. The van der Waals surface area contributed by atoms with Gasteiger partial charge in [-0.3, -0.25) is 4.79 Å². The van der Waals surface area contributed by atoms with Crippen molar-refractivity contribution in [1.82, 2.24) is 0 Å². The molecule has 0 saturated heterocycles. The van der Waals surface area contributed by atoms with Crippen LogP contribution in [0, 0.1) is 4.91 Å². The summed E-state index contributed by atoms with van der Waals surface area (Å²) in [4.78, 5) is 22.3. The highest BCUT2D eigenvalue weighted by atomic mass is 35.5. The van der Waals surface area contributed by atoms with Gasteiger partial charge < -0.3 is 0 Å². The van der Waals surface area contributed by atoms with E-state index >= 15 is 0 Å². The lowest BCUT2D eigenvalue weighted by Crippen LogP contribution is -1.93. The van der Waals surface area contributed by atoms with E-state index in [4.69, 9.17) is 11.6 Å². The van der Waals surface area contributed by atoms with Crippen LogP contribution in [-0.4, -0.2) is 6.29 Å². The number of aldehydes is 1. The van der Waals surface area contributed by atoms with Crippen LogP contribution in [0.2, 0.25) is 5.02 Å². The van der Waals surface area contributed by atoms with E-state index < -0.39 is 0 Å². The van der Waals surface area contributed by atoms with E-state index in [1.165, 1.54) is 0 Å². The predicted octanol–water partition coefficient (Wildman–Crippen LogP) is 4.78. The fourth-order valence-corrected chi connectivity index (χ4v) is 2.32. The maximum absolute atomic E-state index is 11.3. The van der Waals surface area contributed by atoms with Crippen molar-refractivity contribution in [2.24, 2.45) is 5.18 Å². The summed E-state index contributed by atoms with van der Waals surface area (Å²) >= 11 is 6.13. The number of hydrogen-bond donors (Lipinski definition) is 0. The molecule has 0 bridgehead atoms. The van der Waals surface area contributed by atoms with Gasteiger partial charge in [-0.25, -0.2) is 0 Å². The maximum atomic E-state index is 11.3. The van der Waals surface area contributed by atoms with E-state index in [1.807, 2.05) is 31.2 Å². The Morgan fingerprint density at radius 2 is 1.89 bits per heavy atom. The Bertz CT molecular complexity index is 638. The summed E-state index contributed by atoms with van der Waals surface area (Å²) in [5.41, 5.74) is 2.61. The summed E-state index contributed by atoms with van der Waals surface area (Å²) in [5, 5.41) is 3.54. The molecule has 4 heteroatoms. The molecule has 0 amide bonds. The van der Waals surface area contributed by atoms with Crippen molar-refractivity contribution in [2.45, 2.75) is 13.3 Å². The standard InChI is InChI=1S/C15H12ClNO2/c1-2-10-7-8-11(13(9-18)15(10)17-19)12-5-3-4-6-14(12)16/h3-9H,2H2,1H3. The lowest BCUT2D eigenvalue weighted by Gasteiger charge is -2.11. The normalized spacial score (nSPS) is 10.2. The number of halogens is 1. The minimum Gasteiger partial charge on any atom is -0.298 e. The summed E-state index contributed by atoms with van der Waals surface area (Å²) < 4.78 is 0. The van der Waals surface area contributed by atoms with Crippen LogP contribution in [-0.2, 0) is 6.42 Å². The number of carbonyl (C=O) groups excluding carboxylic acids is 1. The highest BCUT2D eigenvalue weighted by molar-refractivity contribution is 6.33. The molecule has 0 fully saturated rings. The molecule has 2 rings (SSSR count). The molecule has 0 N–H and O–H groups in total. The molecule has 96 valence electrons. The van der Waals surface area contributed by atoms with Gasteiger partial charge in [0.1, 0.15) is 5.69 Å². The Morgan fingerprint density at radius 1 is 1.16 bits per heavy atom. The van der Waals surface area contributed by atoms with Gasteiger partial charge in [0.05, 0.1) is 5.56 Å². The number of nitroso groups, excluding NO2 is 1. The van der Waals surface area contributed by atoms with Crippen LogP contribution in [0.4, 0.5) is 5.69 Å². The lowest BCUT2D eigenvalue weighted by atomic mass is 9.95. The van der Waals surface area contributed by atoms with E-state index in [1.54, 1.807) is 12.1 Å². The van der Waals surface area contributed by atoms with Crippen molar-refractivity contribution in [3.8, 4) is 11.1 Å². The van der Waals surface area contributed by atoms with Crippen LogP contribution < -0.4 is 0 Å². The first-order chi connectivity index (χ1) is 9.22. The minimum atomic E-state index is 0.204. The van der Waals surface area contributed by atoms with Gasteiger partial charge in [-0.1, -0.05) is 48.9 Å². The third-order valence-corrected chi connectivity index (χ3v) is 3.38. The van der Waals surface area contributed by atoms with E-state index in [0.717, 1.165) is 11.1 Å². The highest BCUT2D eigenvalue weighted by Gasteiger charge is 2.15. The highest BCUT2D eigenvalue weighted by Crippen LogP contribution is 2.36. The minimum absolute atomic E-state index is 0.204. The number of rotatable bonds is 4. The Labute approximate surface area is 116 Å². The van der Waals surface area contributed by atoms with Crippen LogP contribution in [0.3, 0.4) is 0 Å². The number of benzene rings is 2. The molecule has 0 unspecified atom stereocenters. The van der Waals surface area contributed by atoms with Gasteiger partial charge >= 0.3 is 0 Å². The molecule has 0 aromatic heterocycles. The first kappa shape index (κ1) is 13.4. The number of carbonyl (C=O) groups is 1. The van der Waals surface area contributed by atoms with Crippen molar-refractivity contribution in [3.05, 3.63) is 57.5 Å². The van der Waals surface area contributed by atoms with Crippen molar-refractivity contribution in [2.75, 3.05) is 0 Å². The van der Waals surface area contributed by atoms with Gasteiger partial charge in [0, 0.05) is 10.6 Å². The van der Waals surface area contributed by atoms with Gasteiger partial charge in [-0.15, -0.1) is 4.91 Å². The van der Waals surface area contributed by atoms with Crippen molar-refractivity contribution in [3.63, 3.8) is 0 Å². The molecule has 0 aliphatic rings. The SMILES string of the molecule is CCc1ccc(-c2ccccc2Cl)c(C=O)c1N=O. The fourth-order valence-electron chi connectivity index (χ4n) is 2.08. The first-order valence-electron chi connectivity index (χ1n) is 5.92. The van der Waals surface area contributed by atoms with Gasteiger partial charge in [0.25, 0.3) is 0 Å². The monoisotopic (exact) mass is 273 g/mol. The molecule has 0 heterocycles. The zero-order valence-electron chi connectivity index (χ0n) is 10.4. The van der Waals surface area contributed by atoms with Crippen molar-refractivity contribution >= 4 is 23.6 Å². The van der Waals surface area contributed by atoms with E-state index in [0.29, 0.717) is 28.9 Å². The summed E-state index contributed by atoms with van der Waals surface area (Å²) in [5.74, 6) is 0. The number of nitrogens with zero attached hydrogens (tertiary/aromatic N) is 1. The Morgan fingerprint density at radius 3 is 2.47 bits per heavy atom. The molecule has 0 radical (unpaired) electrons. The molecule has 0 aliphatic heterocycles. The molecule has 0 atom stereocenters. The molecule has 0 saturated carbocycles. The first-order valence-corrected chi connectivity index (χ1v) is 6.30. The average Bonchev–Trinajstić information content (AvgIpc) is 2.46. The quantitative estimate of drug-likeness (QED) is 0.594. The largest absolute Gasteiger partial charge is 0.298 e. The number of aryl methyl sites for hydroxylation is 1. The second-order valence-electron chi connectivity index (χ2n) is 4.08. The van der Waals surface area contributed by atoms with Crippen LogP contribution in [0.5, 0.6) is 0 Å². The van der Waals surface area contributed by atoms with Crippen LogP contribution in [0.1, 0.15) is 22.8 Å². The van der Waals surface area contributed by atoms with Gasteiger partial charge in [0.2, 0.25) is 0 Å². The molecule has 2 aromatic carbocycles. The topological polar surface area (TPSA) is 46.5 Å². The molecule has 0 aliphatic carbocycles. The van der Waals surface area contributed by atoms with Gasteiger partial charge in [-0.05, 0) is 28.8 Å². The van der Waals surface area contributed by atoms with Gasteiger partial charge in [-0.2, -0.15) is 0 Å². The smallest absolute Gasteiger partial charge is 0.152 e. The lowest BCUT2D eigenvalue weighted by molar-refractivity contribution is 0.112. The summed E-state index contributed by atoms with van der Waals surface area (Å²) in [7, 11) is 0. The van der Waals surface area contributed by atoms with Gasteiger partial charge in [0.15, 0.2) is 6.29 Å². The molecule has 2 aromatic rings. The van der Waals surface area contributed by atoms with Crippen LogP contribution in [0.25, 0.3) is 11.1 Å². The third-order valence-electron chi connectivity index (χ3n) is 3.05. The summed E-state index contributed by atoms with van der Waals surface area (Å²) in [6.07, 6.45) is 1.30. The predicted molar refractivity (Wildman–Crippen MR) is 77.1 cm³/mol. The van der Waals surface area contributed by atoms with E-state index in [9.17, 15) is 9.70 Å². The average molecular weight is 274 g/mol. The number of hydrogen-bond acceptors (Lipinski definition) is 3. The summed E-state index contributed by atoms with van der Waals surface area (Å²) in [6, 6.07) is 10.8. The zero-order valence-corrected chi connectivity index (χ0v) is 11.1. The second kappa shape index (κ2) is 5.76. The van der Waals surface area contributed by atoms with Crippen LogP contribution in [0.15, 0.2) is 41.6 Å². The van der Waals surface area contributed by atoms with E-state index in [-0.39, 0.29) is 5.69 Å². The molecule has 0 spiro atoms. The Balaban J connectivity index is 2.75. The van der Waals surface area contributed by atoms with Crippen molar-refractivity contribution in [1.29, 1.82) is 0 Å². The third kappa shape index (κ3) is 2.42. The summed E-state index contributed by atoms with van der Waals surface area (Å²) in [6.45, 7) is 1.91. The zero-order chi connectivity index (χ0) is 13.8. The molecule has 3 nitrogen and oxygen atoms in total.